The molecule has 0 bridgehead atoms. The van der Waals surface area contributed by atoms with E-state index in [1.54, 1.807) is 0 Å². The third kappa shape index (κ3) is 7.22. The Morgan fingerprint density at radius 3 is 2.13 bits per heavy atom. The van der Waals surface area contributed by atoms with Gasteiger partial charge in [-0.05, 0) is 58.2 Å². The van der Waals surface area contributed by atoms with Gasteiger partial charge in [0.25, 0.3) is 0 Å². The van der Waals surface area contributed by atoms with Crippen molar-refractivity contribution in [2.24, 2.45) is 5.73 Å². The van der Waals surface area contributed by atoms with Crippen LogP contribution in [0.4, 0.5) is 5.69 Å². The second-order valence-corrected chi connectivity index (χ2v) is 10.3. The number of carbonyl (C=O) groups excluding carboxylic acids is 1. The van der Waals surface area contributed by atoms with E-state index in [0.717, 1.165) is 29.4 Å². The summed E-state index contributed by atoms with van der Waals surface area (Å²) in [6, 6.07) is 7.47. The van der Waals surface area contributed by atoms with E-state index in [9.17, 15) is 10.0 Å². The predicted molar refractivity (Wildman–Crippen MR) is 126 cm³/mol. The number of hydrogen-bond donors (Lipinski definition) is 1. The van der Waals surface area contributed by atoms with Crippen LogP contribution in [0.5, 0.6) is 0 Å². The van der Waals surface area contributed by atoms with Crippen molar-refractivity contribution in [1.82, 2.24) is 5.06 Å². The van der Waals surface area contributed by atoms with Gasteiger partial charge in [0.15, 0.2) is 0 Å². The Hall–Kier alpha value is -1.05. The minimum Gasteiger partial charge on any atom is -0.461 e. The molecule has 0 amide bonds. The molecule has 1 aliphatic rings. The molecule has 0 spiro atoms. The van der Waals surface area contributed by atoms with Crippen LogP contribution >= 0.6 is 23.2 Å². The van der Waals surface area contributed by atoms with Gasteiger partial charge in [-0.25, -0.2) is 0 Å². The molecule has 31 heavy (non-hydrogen) atoms. The van der Waals surface area contributed by atoms with Crippen LogP contribution in [-0.4, -0.2) is 59.1 Å². The molecular formula is C23H36Cl2N3O3. The summed E-state index contributed by atoms with van der Waals surface area (Å²) in [4.78, 5) is 14.7. The smallest absolute Gasteiger partial charge is 0.323 e. The molecule has 1 radical (unpaired) electrons. The lowest BCUT2D eigenvalue weighted by atomic mass is 9.80. The molecule has 1 heterocycles. The number of ether oxygens (including phenoxy) is 1. The minimum atomic E-state index is -0.694. The van der Waals surface area contributed by atoms with Crippen LogP contribution in [0, 0.1) is 0 Å². The summed E-state index contributed by atoms with van der Waals surface area (Å²) in [6.45, 7) is 9.01. The molecule has 0 aliphatic carbocycles. The summed E-state index contributed by atoms with van der Waals surface area (Å²) < 4.78 is 5.70. The summed E-state index contributed by atoms with van der Waals surface area (Å²) in [5.41, 5.74) is 7.13. The van der Waals surface area contributed by atoms with E-state index in [-0.39, 0.29) is 6.10 Å². The molecule has 1 saturated heterocycles. The lowest BCUT2D eigenvalue weighted by Gasteiger charge is -2.49. The Balaban J connectivity index is 1.88. The zero-order valence-electron chi connectivity index (χ0n) is 19.1. The van der Waals surface area contributed by atoms with Crippen LogP contribution in [0.3, 0.4) is 0 Å². The van der Waals surface area contributed by atoms with Crippen molar-refractivity contribution in [2.45, 2.75) is 76.6 Å². The number of hydroxylamine groups is 2. The lowest BCUT2D eigenvalue weighted by Crippen LogP contribution is -2.60. The van der Waals surface area contributed by atoms with Crippen molar-refractivity contribution in [1.29, 1.82) is 0 Å². The van der Waals surface area contributed by atoms with Gasteiger partial charge in [0, 0.05) is 54.5 Å². The van der Waals surface area contributed by atoms with E-state index in [1.807, 2.05) is 52.0 Å². The number of carbonyl (C=O) groups is 1. The predicted octanol–water partition coefficient (Wildman–Crippen LogP) is 4.14. The first-order chi connectivity index (χ1) is 14.5. The first kappa shape index (κ1) is 26.2. The molecule has 1 atom stereocenters. The van der Waals surface area contributed by atoms with Crippen molar-refractivity contribution < 1.29 is 14.7 Å². The average Bonchev–Trinajstić information content (AvgIpc) is 2.70. The average molecular weight is 473 g/mol. The van der Waals surface area contributed by atoms with Crippen LogP contribution in [0.1, 0.15) is 52.5 Å². The number of aryl methyl sites for hydroxylation is 1. The van der Waals surface area contributed by atoms with Crippen molar-refractivity contribution >= 4 is 34.9 Å². The molecule has 1 aromatic rings. The number of nitrogens with two attached hydrogens (primary N) is 1. The van der Waals surface area contributed by atoms with Crippen LogP contribution in [0.25, 0.3) is 0 Å². The van der Waals surface area contributed by atoms with E-state index in [1.165, 1.54) is 0 Å². The fourth-order valence-electron chi connectivity index (χ4n) is 4.39. The highest BCUT2D eigenvalue weighted by atomic mass is 35.5. The number of esters is 1. The van der Waals surface area contributed by atoms with Crippen LogP contribution < -0.4 is 10.6 Å². The van der Waals surface area contributed by atoms with Crippen molar-refractivity contribution in [2.75, 3.05) is 29.7 Å². The maximum atomic E-state index is 12.6. The first-order valence-corrected chi connectivity index (χ1v) is 12.0. The number of hydrogen-bond acceptors (Lipinski definition) is 5. The Morgan fingerprint density at radius 1 is 1.13 bits per heavy atom. The van der Waals surface area contributed by atoms with Crippen molar-refractivity contribution in [3.05, 3.63) is 29.8 Å². The Morgan fingerprint density at radius 2 is 1.65 bits per heavy atom. The molecular weight excluding hydrogens is 437 g/mol. The largest absolute Gasteiger partial charge is 0.461 e. The number of anilines is 1. The van der Waals surface area contributed by atoms with Gasteiger partial charge >= 0.3 is 5.97 Å². The number of piperidine rings is 1. The van der Waals surface area contributed by atoms with E-state index in [0.29, 0.717) is 37.4 Å². The fraction of sp³-hybridized carbons (Fsp3) is 0.696. The summed E-state index contributed by atoms with van der Waals surface area (Å²) >= 11 is 11.8. The molecule has 1 aliphatic heterocycles. The monoisotopic (exact) mass is 472 g/mol. The summed E-state index contributed by atoms with van der Waals surface area (Å²) in [5.74, 6) is 0.679. The molecule has 1 unspecified atom stereocenters. The van der Waals surface area contributed by atoms with Gasteiger partial charge in [-0.2, -0.15) is 0 Å². The minimum absolute atomic E-state index is 0.303. The van der Waals surface area contributed by atoms with E-state index in [2.05, 4.69) is 4.90 Å². The second kappa shape index (κ2) is 11.2. The maximum absolute atomic E-state index is 12.6. The number of halogens is 2. The second-order valence-electron chi connectivity index (χ2n) is 9.56. The van der Waals surface area contributed by atoms with Gasteiger partial charge in [0.1, 0.15) is 12.1 Å². The van der Waals surface area contributed by atoms with E-state index in [4.69, 9.17) is 33.7 Å². The highest BCUT2D eigenvalue weighted by molar-refractivity contribution is 6.18. The molecule has 2 N–H and O–H groups in total. The van der Waals surface area contributed by atoms with Gasteiger partial charge < -0.3 is 15.4 Å². The Labute approximate surface area is 196 Å². The van der Waals surface area contributed by atoms with Crippen LogP contribution in [0.15, 0.2) is 24.3 Å². The number of nitrogens with zero attached hydrogens (tertiary/aromatic N) is 2. The summed E-state index contributed by atoms with van der Waals surface area (Å²) in [6.07, 6.45) is 1.88. The van der Waals surface area contributed by atoms with Gasteiger partial charge in [-0.1, -0.05) is 12.1 Å². The number of rotatable bonds is 10. The summed E-state index contributed by atoms with van der Waals surface area (Å²) in [7, 11) is 0. The van der Waals surface area contributed by atoms with E-state index < -0.39 is 23.1 Å². The van der Waals surface area contributed by atoms with Gasteiger partial charge in [-0.15, -0.1) is 33.5 Å². The highest BCUT2D eigenvalue weighted by Gasteiger charge is 2.47. The first-order valence-electron chi connectivity index (χ1n) is 10.9. The normalized spacial score (nSPS) is 19.7. The van der Waals surface area contributed by atoms with Gasteiger partial charge in [0.05, 0.1) is 0 Å². The van der Waals surface area contributed by atoms with Gasteiger partial charge in [0.2, 0.25) is 0 Å². The molecule has 1 aromatic carbocycles. The Bertz CT molecular complexity index is 689. The lowest BCUT2D eigenvalue weighted by molar-refractivity contribution is -0.299. The molecule has 8 heteroatoms. The summed E-state index contributed by atoms with van der Waals surface area (Å²) in [5, 5.41) is 13.6. The third-order valence-corrected chi connectivity index (χ3v) is 6.23. The molecule has 0 saturated carbocycles. The third-order valence-electron chi connectivity index (χ3n) is 5.89. The van der Waals surface area contributed by atoms with E-state index >= 15 is 0 Å². The molecule has 1 fully saturated rings. The molecule has 6 nitrogen and oxygen atoms in total. The standard InChI is InChI=1S/C23H36Cl2N3O3/c1-22(2)15-19(16-23(3,4)28(22)30)31-21(29)20(26)10-7-17-5-8-18(9-6-17)27(13-11-24)14-12-25/h5-6,8-9,19-20H,7,10-16,26H2,1-4H3. The molecule has 0 aromatic heterocycles. The van der Waals surface area contributed by atoms with Crippen LogP contribution in [0.2, 0.25) is 0 Å². The zero-order chi connectivity index (χ0) is 23.2. The fourth-order valence-corrected chi connectivity index (χ4v) is 4.80. The number of alkyl halides is 2. The van der Waals surface area contributed by atoms with Crippen molar-refractivity contribution in [3.63, 3.8) is 0 Å². The van der Waals surface area contributed by atoms with Crippen LogP contribution in [-0.2, 0) is 21.2 Å². The SMILES string of the molecule is CC1(C)CC(OC(=O)C(N)CCc2ccc(N(CCCl)CCCl)cc2)CC(C)(C)N1[O]. The molecule has 175 valence electrons. The van der Waals surface area contributed by atoms with Gasteiger partial charge in [-0.3, -0.25) is 4.79 Å². The highest BCUT2D eigenvalue weighted by Crippen LogP contribution is 2.38. The van der Waals surface area contributed by atoms with Crippen molar-refractivity contribution in [3.8, 4) is 0 Å². The Kier molecular flexibility index (Phi) is 9.46. The maximum Gasteiger partial charge on any atom is 0.323 e. The number of benzene rings is 1. The quantitative estimate of drug-likeness (QED) is 0.408. The zero-order valence-corrected chi connectivity index (χ0v) is 20.6. The molecule has 2 rings (SSSR count). The topological polar surface area (TPSA) is 78.7 Å².